The first-order valence-electron chi connectivity index (χ1n) is 12.3. The van der Waals surface area contributed by atoms with Gasteiger partial charge in [-0.15, -0.1) is 5.10 Å². The Balaban J connectivity index is 1.31. The molecule has 186 valence electrons. The maximum atomic E-state index is 13.1. The highest BCUT2D eigenvalue weighted by atomic mass is 16.5. The predicted octanol–water partition coefficient (Wildman–Crippen LogP) is 4.19. The molecule has 3 aromatic carbocycles. The van der Waals surface area contributed by atoms with E-state index >= 15 is 0 Å². The van der Waals surface area contributed by atoms with Gasteiger partial charge < -0.3 is 24.7 Å². The lowest BCUT2D eigenvalue weighted by molar-refractivity contribution is -0.116. The number of amides is 1. The van der Waals surface area contributed by atoms with Crippen LogP contribution in [0, 0.1) is 0 Å². The summed E-state index contributed by atoms with van der Waals surface area (Å²) in [4.78, 5) is 20.2. The Kier molecular flexibility index (Phi) is 6.35. The average molecular weight is 495 g/mol. The van der Waals surface area contributed by atoms with E-state index in [1.807, 2.05) is 78.9 Å². The van der Waals surface area contributed by atoms with Crippen molar-refractivity contribution >= 4 is 29.0 Å². The molecule has 1 amide bonds. The van der Waals surface area contributed by atoms with Crippen LogP contribution in [0.3, 0.4) is 0 Å². The lowest BCUT2D eigenvalue weighted by Gasteiger charge is -2.23. The smallest absolute Gasteiger partial charge is 0.317 e. The summed E-state index contributed by atoms with van der Waals surface area (Å²) in [6.45, 7) is 3.10. The quantitative estimate of drug-likeness (QED) is 0.429. The Morgan fingerprint density at radius 2 is 1.65 bits per heavy atom. The zero-order chi connectivity index (χ0) is 25.0. The van der Waals surface area contributed by atoms with Crippen LogP contribution in [-0.2, 0) is 9.53 Å². The molecule has 1 saturated heterocycles. The van der Waals surface area contributed by atoms with Gasteiger partial charge in [-0.2, -0.15) is 0 Å². The molecular formula is C28H26N6O3. The summed E-state index contributed by atoms with van der Waals surface area (Å²) in [6.07, 6.45) is -0.0137. The lowest BCUT2D eigenvalue weighted by atomic mass is 10.0. The Bertz CT molecular complexity index is 1430. The molecule has 2 aliphatic rings. The van der Waals surface area contributed by atoms with E-state index in [1.54, 1.807) is 0 Å². The maximum absolute atomic E-state index is 13.1. The van der Waals surface area contributed by atoms with Gasteiger partial charge in [0.2, 0.25) is 6.17 Å². The first-order valence-corrected chi connectivity index (χ1v) is 12.3. The van der Waals surface area contributed by atoms with Crippen molar-refractivity contribution in [3.05, 3.63) is 90.0 Å². The summed E-state index contributed by atoms with van der Waals surface area (Å²) < 4.78 is 11.6. The van der Waals surface area contributed by atoms with Crippen molar-refractivity contribution < 1.29 is 13.9 Å². The van der Waals surface area contributed by atoms with Crippen molar-refractivity contribution in [1.29, 1.82) is 0 Å². The summed E-state index contributed by atoms with van der Waals surface area (Å²) >= 11 is 0. The van der Waals surface area contributed by atoms with Crippen molar-refractivity contribution in [2.75, 3.05) is 41.8 Å². The molecule has 3 heterocycles. The Morgan fingerprint density at radius 3 is 2.54 bits per heavy atom. The third-order valence-corrected chi connectivity index (χ3v) is 6.38. The van der Waals surface area contributed by atoms with Gasteiger partial charge in [0.05, 0.1) is 23.6 Å². The normalized spacial score (nSPS) is 17.7. The van der Waals surface area contributed by atoms with E-state index in [0.29, 0.717) is 23.9 Å². The van der Waals surface area contributed by atoms with Crippen LogP contribution >= 0.6 is 0 Å². The number of fused-ring (bicyclic) bond motifs is 1. The summed E-state index contributed by atoms with van der Waals surface area (Å²) in [5, 5.41) is 14.5. The van der Waals surface area contributed by atoms with Crippen LogP contribution in [0.25, 0.3) is 11.5 Å². The number of hydrogen-bond donors (Lipinski definition) is 2. The van der Waals surface area contributed by atoms with Gasteiger partial charge in [-0.3, -0.25) is 4.79 Å². The van der Waals surface area contributed by atoms with Gasteiger partial charge >= 0.3 is 6.01 Å². The number of benzene rings is 3. The molecule has 1 unspecified atom stereocenters. The number of carbonyl (C=O) groups excluding carboxylic acids is 1. The van der Waals surface area contributed by atoms with Gasteiger partial charge in [0, 0.05) is 36.5 Å². The van der Waals surface area contributed by atoms with E-state index in [0.717, 1.165) is 48.5 Å². The highest BCUT2D eigenvalue weighted by Gasteiger charge is 2.27. The van der Waals surface area contributed by atoms with E-state index in [2.05, 4.69) is 25.7 Å². The van der Waals surface area contributed by atoms with Gasteiger partial charge in [-0.1, -0.05) is 65.8 Å². The fraction of sp³-hybridized carbons (Fsp3) is 0.214. The van der Waals surface area contributed by atoms with Crippen LogP contribution in [-0.4, -0.2) is 54.3 Å². The van der Waals surface area contributed by atoms with Crippen LogP contribution in [0.2, 0.25) is 0 Å². The van der Waals surface area contributed by atoms with Gasteiger partial charge in [-0.25, -0.2) is 4.99 Å². The monoisotopic (exact) mass is 494 g/mol. The van der Waals surface area contributed by atoms with Crippen molar-refractivity contribution in [3.63, 3.8) is 0 Å². The number of anilines is 3. The molecule has 2 N–H and O–H groups in total. The molecule has 0 spiro atoms. The predicted molar refractivity (Wildman–Crippen MR) is 142 cm³/mol. The molecule has 2 aliphatic heterocycles. The minimum absolute atomic E-state index is 0.117. The molecule has 0 aliphatic carbocycles. The fourth-order valence-electron chi connectivity index (χ4n) is 4.61. The van der Waals surface area contributed by atoms with E-state index in [-0.39, 0.29) is 11.9 Å². The second-order valence-corrected chi connectivity index (χ2v) is 8.81. The number of carbonyl (C=O) groups is 1. The average Bonchev–Trinajstić information content (AvgIpc) is 3.15. The Labute approximate surface area is 214 Å². The number of benzodiazepines with no additional fused rings is 1. The summed E-state index contributed by atoms with van der Waals surface area (Å²) in [7, 11) is 0. The van der Waals surface area contributed by atoms with E-state index in [9.17, 15) is 4.79 Å². The number of nitrogens with zero attached hydrogens (tertiary/aromatic N) is 4. The van der Waals surface area contributed by atoms with Crippen LogP contribution in [0.4, 0.5) is 17.4 Å². The largest absolute Gasteiger partial charge is 0.403 e. The van der Waals surface area contributed by atoms with Crippen molar-refractivity contribution in [1.82, 2.24) is 10.2 Å². The number of hydrogen-bond acceptors (Lipinski definition) is 8. The van der Waals surface area contributed by atoms with Crippen molar-refractivity contribution in [2.24, 2.45) is 4.99 Å². The van der Waals surface area contributed by atoms with Crippen LogP contribution in [0.1, 0.15) is 17.5 Å². The summed E-state index contributed by atoms with van der Waals surface area (Å²) in [5.74, 6) is 0.0518. The van der Waals surface area contributed by atoms with Gasteiger partial charge in [0.15, 0.2) is 0 Å². The van der Waals surface area contributed by atoms with Crippen LogP contribution in [0.15, 0.2) is 88.3 Å². The summed E-state index contributed by atoms with van der Waals surface area (Å²) in [6, 6.07) is 25.5. The zero-order valence-corrected chi connectivity index (χ0v) is 20.1. The maximum Gasteiger partial charge on any atom is 0.317 e. The third kappa shape index (κ3) is 4.81. The van der Waals surface area contributed by atoms with Crippen molar-refractivity contribution in [3.8, 4) is 11.5 Å². The number of aliphatic imine (C=N–C) groups is 1. The Morgan fingerprint density at radius 1 is 0.865 bits per heavy atom. The van der Waals surface area contributed by atoms with Crippen molar-refractivity contribution in [2.45, 2.75) is 12.6 Å². The second kappa shape index (κ2) is 10.2. The second-order valence-electron chi connectivity index (χ2n) is 8.81. The molecule has 0 bridgehead atoms. The van der Waals surface area contributed by atoms with E-state index in [4.69, 9.17) is 14.1 Å². The highest BCUT2D eigenvalue weighted by molar-refractivity contribution is 6.19. The zero-order valence-electron chi connectivity index (χ0n) is 20.1. The molecule has 9 heteroatoms. The molecule has 1 aromatic heterocycles. The van der Waals surface area contributed by atoms with E-state index < -0.39 is 6.17 Å². The molecule has 1 fully saturated rings. The molecule has 37 heavy (non-hydrogen) atoms. The minimum atomic E-state index is -0.964. The fourth-order valence-corrected chi connectivity index (χ4v) is 4.61. The number of ether oxygens (including phenoxy) is 1. The topological polar surface area (TPSA) is 105 Å². The highest BCUT2D eigenvalue weighted by Crippen LogP contribution is 2.32. The van der Waals surface area contributed by atoms with Gasteiger partial charge in [0.1, 0.15) is 0 Å². The number of nitrogens with one attached hydrogen (secondary N) is 2. The molecule has 0 radical (unpaired) electrons. The molecule has 1 atom stereocenters. The SMILES string of the molecule is O=C1Nc2ccccc2C(c2ccccc2)=NC1Nc1nnc(-c2ccccc2N2CCCOCC2)o1. The van der Waals surface area contributed by atoms with Gasteiger partial charge in [-0.05, 0) is 24.6 Å². The Hall–Kier alpha value is -4.50. The molecule has 6 rings (SSSR count). The van der Waals surface area contributed by atoms with Crippen LogP contribution < -0.4 is 15.5 Å². The van der Waals surface area contributed by atoms with Crippen LogP contribution in [0.5, 0.6) is 0 Å². The number of aromatic nitrogens is 2. The molecule has 0 saturated carbocycles. The molecular weight excluding hydrogens is 468 g/mol. The standard InChI is InChI=1S/C28H26N6O3/c35-26-25(30-24(19-9-2-1-3-10-19)20-11-4-6-13-22(20)29-26)31-28-33-32-27(37-28)21-12-5-7-14-23(21)34-15-8-17-36-18-16-34/h1-7,9-14,25H,8,15-18H2,(H,29,35)(H,31,33). The third-order valence-electron chi connectivity index (χ3n) is 6.38. The first-order chi connectivity index (χ1) is 18.3. The molecule has 9 nitrogen and oxygen atoms in total. The lowest BCUT2D eigenvalue weighted by Crippen LogP contribution is -2.32. The van der Waals surface area contributed by atoms with E-state index in [1.165, 1.54) is 0 Å². The summed E-state index contributed by atoms with van der Waals surface area (Å²) in [5.41, 5.74) is 4.97. The van der Waals surface area contributed by atoms with Gasteiger partial charge in [0.25, 0.3) is 11.8 Å². The minimum Gasteiger partial charge on any atom is -0.403 e. The number of rotatable bonds is 5. The number of para-hydroxylation sites is 2. The first kappa shape index (κ1) is 22.9. The molecule has 4 aromatic rings.